The van der Waals surface area contributed by atoms with Gasteiger partial charge in [0.25, 0.3) is 0 Å². The van der Waals surface area contributed by atoms with Crippen LogP contribution in [0.15, 0.2) is 48.5 Å². The second kappa shape index (κ2) is 9.11. The molecule has 0 fully saturated rings. The molecule has 2 aliphatic carbocycles. The van der Waals surface area contributed by atoms with Gasteiger partial charge in [-0.2, -0.15) is 0 Å². The molecule has 2 aliphatic rings. The highest BCUT2D eigenvalue weighted by atomic mass is 35.5. The first kappa shape index (κ1) is 21.4. The molecular formula is C26H29ClN4. The molecule has 0 bridgehead atoms. The van der Waals surface area contributed by atoms with Crippen LogP contribution in [0.4, 0.5) is 11.4 Å². The van der Waals surface area contributed by atoms with Gasteiger partial charge in [-0.15, -0.1) is 12.4 Å². The highest BCUT2D eigenvalue weighted by molar-refractivity contribution is 5.93. The number of nitrogen functional groups attached to an aromatic ring is 2. The van der Waals surface area contributed by atoms with Crippen molar-refractivity contribution < 1.29 is 0 Å². The summed E-state index contributed by atoms with van der Waals surface area (Å²) in [5.74, 6) is 0. The van der Waals surface area contributed by atoms with E-state index in [1.807, 2.05) is 36.4 Å². The van der Waals surface area contributed by atoms with Crippen molar-refractivity contribution in [2.75, 3.05) is 11.5 Å². The summed E-state index contributed by atoms with van der Waals surface area (Å²) < 4.78 is 0. The summed E-state index contributed by atoms with van der Waals surface area (Å²) in [5, 5.41) is 2.22. The smallest absolute Gasteiger partial charge is 0.0726 e. The van der Waals surface area contributed by atoms with Gasteiger partial charge in [0.1, 0.15) is 0 Å². The SMILES string of the molecule is Cl.Nc1c2c(nc3ccccc13)CCCC2.Nc1c2c(nc3ccccc13)CCCC2. The Morgan fingerprint density at radius 2 is 0.935 bits per heavy atom. The molecule has 2 heterocycles. The number of pyridine rings is 2. The van der Waals surface area contributed by atoms with E-state index in [2.05, 4.69) is 12.1 Å². The van der Waals surface area contributed by atoms with E-state index in [9.17, 15) is 0 Å². The van der Waals surface area contributed by atoms with E-state index >= 15 is 0 Å². The number of benzene rings is 2. The summed E-state index contributed by atoms with van der Waals surface area (Å²) in [6, 6.07) is 16.3. The summed E-state index contributed by atoms with van der Waals surface area (Å²) in [7, 11) is 0. The van der Waals surface area contributed by atoms with Crippen molar-refractivity contribution in [2.24, 2.45) is 0 Å². The predicted octanol–water partition coefficient (Wildman–Crippen LogP) is 5.81. The van der Waals surface area contributed by atoms with E-state index in [4.69, 9.17) is 21.4 Å². The highest BCUT2D eigenvalue weighted by Crippen LogP contribution is 2.31. The summed E-state index contributed by atoms with van der Waals surface area (Å²) in [4.78, 5) is 9.39. The van der Waals surface area contributed by atoms with Crippen LogP contribution in [0.5, 0.6) is 0 Å². The third-order valence-corrected chi connectivity index (χ3v) is 6.43. The van der Waals surface area contributed by atoms with Gasteiger partial charge in [0, 0.05) is 33.5 Å². The van der Waals surface area contributed by atoms with Gasteiger partial charge in [-0.1, -0.05) is 36.4 Å². The number of para-hydroxylation sites is 2. The first-order chi connectivity index (χ1) is 14.7. The lowest BCUT2D eigenvalue weighted by Gasteiger charge is -2.18. The maximum absolute atomic E-state index is 6.20. The Labute approximate surface area is 189 Å². The van der Waals surface area contributed by atoms with Gasteiger partial charge >= 0.3 is 0 Å². The van der Waals surface area contributed by atoms with Crippen LogP contribution in [0, 0.1) is 0 Å². The van der Waals surface area contributed by atoms with Crippen LogP contribution in [0.1, 0.15) is 48.2 Å². The highest BCUT2D eigenvalue weighted by Gasteiger charge is 2.16. The van der Waals surface area contributed by atoms with Gasteiger partial charge in [-0.3, -0.25) is 9.97 Å². The molecule has 4 N–H and O–H groups in total. The van der Waals surface area contributed by atoms with Crippen LogP contribution < -0.4 is 11.5 Å². The van der Waals surface area contributed by atoms with Crippen LogP contribution in [-0.4, -0.2) is 9.97 Å². The van der Waals surface area contributed by atoms with Gasteiger partial charge < -0.3 is 11.5 Å². The number of halogens is 1. The molecule has 0 unspecified atom stereocenters. The number of nitrogens with two attached hydrogens (primary N) is 2. The van der Waals surface area contributed by atoms with Crippen molar-refractivity contribution in [2.45, 2.75) is 51.4 Å². The maximum Gasteiger partial charge on any atom is 0.0726 e. The van der Waals surface area contributed by atoms with E-state index in [1.165, 1.54) is 48.2 Å². The third kappa shape index (κ3) is 4.05. The molecule has 31 heavy (non-hydrogen) atoms. The van der Waals surface area contributed by atoms with E-state index < -0.39 is 0 Å². The number of hydrogen-bond acceptors (Lipinski definition) is 4. The Hall–Kier alpha value is -2.85. The lowest BCUT2D eigenvalue weighted by molar-refractivity contribution is 0.673. The minimum Gasteiger partial charge on any atom is -0.398 e. The normalized spacial score (nSPS) is 14.7. The molecule has 5 heteroatoms. The average Bonchev–Trinajstić information content (AvgIpc) is 2.80. The first-order valence-corrected chi connectivity index (χ1v) is 11.0. The van der Waals surface area contributed by atoms with Crippen LogP contribution in [0.2, 0.25) is 0 Å². The van der Waals surface area contributed by atoms with Gasteiger partial charge in [0.15, 0.2) is 0 Å². The molecule has 0 saturated carbocycles. The van der Waals surface area contributed by atoms with Crippen molar-refractivity contribution >= 4 is 45.6 Å². The fourth-order valence-corrected chi connectivity index (χ4v) is 4.82. The van der Waals surface area contributed by atoms with Crippen molar-refractivity contribution in [3.8, 4) is 0 Å². The molecule has 4 aromatic rings. The minimum absolute atomic E-state index is 0. The topological polar surface area (TPSA) is 77.8 Å². The van der Waals surface area contributed by atoms with Crippen LogP contribution in [0.3, 0.4) is 0 Å². The lowest BCUT2D eigenvalue weighted by atomic mass is 9.93. The Balaban J connectivity index is 0.000000144. The second-order valence-electron chi connectivity index (χ2n) is 8.35. The molecule has 0 saturated heterocycles. The molecule has 2 aromatic heterocycles. The standard InChI is InChI=1S/2C13H14N2.ClH/c2*14-13-9-5-1-3-7-11(9)15-12-8-4-2-6-10(12)13;/h2*1,3,5,7H,2,4,6,8H2,(H2,14,15);1H. The summed E-state index contributed by atoms with van der Waals surface area (Å²) in [6.07, 6.45) is 9.36. The van der Waals surface area contributed by atoms with Crippen molar-refractivity contribution in [3.63, 3.8) is 0 Å². The molecule has 0 atom stereocenters. The molecule has 0 spiro atoms. The van der Waals surface area contributed by atoms with Gasteiger partial charge in [-0.25, -0.2) is 0 Å². The minimum atomic E-state index is 0. The number of hydrogen-bond donors (Lipinski definition) is 2. The number of anilines is 2. The second-order valence-corrected chi connectivity index (χ2v) is 8.35. The van der Waals surface area contributed by atoms with E-state index in [0.717, 1.165) is 58.9 Å². The molecule has 0 radical (unpaired) electrons. The number of aryl methyl sites for hydroxylation is 2. The average molecular weight is 433 g/mol. The summed E-state index contributed by atoms with van der Waals surface area (Å²) in [5.41, 5.74) is 21.4. The molecule has 2 aromatic carbocycles. The van der Waals surface area contributed by atoms with Crippen molar-refractivity contribution in [1.82, 2.24) is 9.97 Å². The Morgan fingerprint density at radius 3 is 1.39 bits per heavy atom. The number of rotatable bonds is 0. The predicted molar refractivity (Wildman–Crippen MR) is 133 cm³/mol. The Kier molecular flexibility index (Phi) is 6.28. The monoisotopic (exact) mass is 432 g/mol. The van der Waals surface area contributed by atoms with Gasteiger partial charge in [0.05, 0.1) is 11.0 Å². The van der Waals surface area contributed by atoms with Crippen molar-refractivity contribution in [3.05, 3.63) is 71.0 Å². The molecule has 4 nitrogen and oxygen atoms in total. The quantitative estimate of drug-likeness (QED) is 0.367. The number of aromatic nitrogens is 2. The van der Waals surface area contributed by atoms with Crippen LogP contribution in [-0.2, 0) is 25.7 Å². The zero-order valence-corrected chi connectivity index (χ0v) is 18.5. The molecule has 160 valence electrons. The summed E-state index contributed by atoms with van der Waals surface area (Å²) in [6.45, 7) is 0. The Bertz CT molecular complexity index is 1140. The van der Waals surface area contributed by atoms with Gasteiger partial charge in [0.2, 0.25) is 0 Å². The van der Waals surface area contributed by atoms with Crippen molar-refractivity contribution in [1.29, 1.82) is 0 Å². The van der Waals surface area contributed by atoms with Crippen LogP contribution >= 0.6 is 12.4 Å². The first-order valence-electron chi connectivity index (χ1n) is 11.0. The third-order valence-electron chi connectivity index (χ3n) is 6.43. The molecule has 6 rings (SSSR count). The lowest BCUT2D eigenvalue weighted by Crippen LogP contribution is -2.09. The largest absolute Gasteiger partial charge is 0.398 e. The zero-order valence-electron chi connectivity index (χ0n) is 17.7. The fourth-order valence-electron chi connectivity index (χ4n) is 4.82. The van der Waals surface area contributed by atoms with E-state index in [0.29, 0.717) is 0 Å². The molecule has 0 amide bonds. The zero-order chi connectivity index (χ0) is 20.5. The Morgan fingerprint density at radius 1 is 0.548 bits per heavy atom. The van der Waals surface area contributed by atoms with Gasteiger partial charge in [-0.05, 0) is 74.6 Å². The van der Waals surface area contributed by atoms with Crippen LogP contribution in [0.25, 0.3) is 21.8 Å². The molecular weight excluding hydrogens is 404 g/mol. The van der Waals surface area contributed by atoms with E-state index in [1.54, 1.807) is 0 Å². The van der Waals surface area contributed by atoms with E-state index in [-0.39, 0.29) is 12.4 Å². The molecule has 0 aliphatic heterocycles. The fraction of sp³-hybridized carbons (Fsp3) is 0.308. The number of nitrogens with zero attached hydrogens (tertiary/aromatic N) is 2. The summed E-state index contributed by atoms with van der Waals surface area (Å²) >= 11 is 0. The number of fused-ring (bicyclic) bond motifs is 4. The maximum atomic E-state index is 6.20.